The number of benzene rings is 2. The van der Waals surface area contributed by atoms with Gasteiger partial charge in [-0.15, -0.1) is 0 Å². The van der Waals surface area contributed by atoms with Gasteiger partial charge in [0.05, 0.1) is 18.5 Å². The molecule has 9 heteroatoms. The Labute approximate surface area is 183 Å². The normalized spacial score (nSPS) is 11.0. The van der Waals surface area contributed by atoms with Crippen molar-refractivity contribution in [1.82, 2.24) is 9.97 Å². The fraction of sp³-hybridized carbons (Fsp3) is 0.217. The number of anilines is 1. The summed E-state index contributed by atoms with van der Waals surface area (Å²) in [6, 6.07) is 12.7. The average Bonchev–Trinajstić information content (AvgIpc) is 2.75. The smallest absolute Gasteiger partial charge is 0.270 e. The van der Waals surface area contributed by atoms with Crippen LogP contribution in [0.2, 0.25) is 0 Å². The molecule has 164 valence electrons. The van der Waals surface area contributed by atoms with Crippen LogP contribution in [0, 0.1) is 28.9 Å². The van der Waals surface area contributed by atoms with Crippen LogP contribution < -0.4 is 15.7 Å². The maximum Gasteiger partial charge on any atom is 0.270 e. The lowest BCUT2D eigenvalue weighted by Crippen LogP contribution is -2.16. The van der Waals surface area contributed by atoms with Crippen molar-refractivity contribution in [2.45, 2.75) is 20.3 Å². The molecule has 1 aromatic heterocycles. The van der Waals surface area contributed by atoms with Crippen LogP contribution >= 0.6 is 0 Å². The maximum absolute atomic E-state index is 14.2. The van der Waals surface area contributed by atoms with E-state index in [0.717, 1.165) is 12.1 Å². The second kappa shape index (κ2) is 10.3. The number of H-pyrrole nitrogens is 1. The molecular weight excluding hydrogens is 416 g/mol. The van der Waals surface area contributed by atoms with Crippen molar-refractivity contribution in [2.24, 2.45) is 11.0 Å². The lowest BCUT2D eigenvalue weighted by atomic mass is 10.1. The molecule has 0 bridgehead atoms. The van der Waals surface area contributed by atoms with E-state index in [1.54, 1.807) is 30.3 Å². The van der Waals surface area contributed by atoms with Gasteiger partial charge in [-0.05, 0) is 24.5 Å². The number of hydrogen-bond acceptors (Lipinski definition) is 6. The van der Waals surface area contributed by atoms with Crippen molar-refractivity contribution in [3.63, 3.8) is 0 Å². The number of aromatic nitrogens is 2. The van der Waals surface area contributed by atoms with Crippen LogP contribution in [0.15, 0.2) is 52.4 Å². The number of nitriles is 1. The summed E-state index contributed by atoms with van der Waals surface area (Å²) in [6.07, 6.45) is 1.84. The summed E-state index contributed by atoms with van der Waals surface area (Å²) in [5, 5.41) is 13.2. The quantitative estimate of drug-likeness (QED) is 0.400. The summed E-state index contributed by atoms with van der Waals surface area (Å²) in [5.74, 6) is -1.79. The Bertz CT molecular complexity index is 1190. The minimum absolute atomic E-state index is 0.0290. The van der Waals surface area contributed by atoms with Gasteiger partial charge in [0.25, 0.3) is 5.56 Å². The second-order valence-corrected chi connectivity index (χ2v) is 7.33. The second-order valence-electron chi connectivity index (χ2n) is 7.33. The van der Waals surface area contributed by atoms with E-state index in [0.29, 0.717) is 17.9 Å². The van der Waals surface area contributed by atoms with E-state index in [9.17, 15) is 18.8 Å². The Balaban J connectivity index is 1.78. The van der Waals surface area contributed by atoms with Gasteiger partial charge in [0, 0.05) is 11.1 Å². The number of rotatable bonds is 8. The van der Waals surface area contributed by atoms with Crippen LogP contribution in [0.25, 0.3) is 11.3 Å². The fourth-order valence-corrected chi connectivity index (χ4v) is 2.79. The van der Waals surface area contributed by atoms with Crippen molar-refractivity contribution in [2.75, 3.05) is 12.0 Å². The van der Waals surface area contributed by atoms with Crippen LogP contribution in [0.4, 0.5) is 14.7 Å². The number of ether oxygens (including phenoxy) is 1. The Morgan fingerprint density at radius 1 is 1.25 bits per heavy atom. The molecule has 1 heterocycles. The van der Waals surface area contributed by atoms with Crippen molar-refractivity contribution in [3.05, 3.63) is 75.6 Å². The monoisotopic (exact) mass is 437 g/mol. The lowest BCUT2D eigenvalue weighted by Gasteiger charge is -2.10. The van der Waals surface area contributed by atoms with E-state index in [2.05, 4.69) is 20.5 Å². The Morgan fingerprint density at radius 3 is 2.56 bits per heavy atom. The predicted octanol–water partition coefficient (Wildman–Crippen LogP) is 4.46. The van der Waals surface area contributed by atoms with Crippen LogP contribution in [0.3, 0.4) is 0 Å². The first kappa shape index (κ1) is 22.6. The highest BCUT2D eigenvalue weighted by Crippen LogP contribution is 2.23. The molecule has 2 N–H and O–H groups in total. The zero-order chi connectivity index (χ0) is 23.1. The minimum Gasteiger partial charge on any atom is -0.488 e. The standard InChI is InChI=1S/C23H21F2N5O2/c1-14(2)8-9-32-21-18(24)10-15(11-19(21)25)13-27-30-23-28-20(16-6-4-3-5-7-16)17(12-26)22(31)29-23/h3-7,10-11,13-14H,8-9H2,1-2H3,(H2,28,29,30,31). The molecule has 0 spiro atoms. The Hall–Kier alpha value is -4.06. The molecule has 3 rings (SSSR count). The first-order chi connectivity index (χ1) is 15.4. The molecule has 32 heavy (non-hydrogen) atoms. The van der Waals surface area contributed by atoms with Gasteiger partial charge in [-0.3, -0.25) is 9.78 Å². The van der Waals surface area contributed by atoms with E-state index < -0.39 is 22.9 Å². The number of halogens is 2. The molecule has 0 unspecified atom stereocenters. The maximum atomic E-state index is 14.2. The van der Waals surface area contributed by atoms with Gasteiger partial charge in [0.15, 0.2) is 17.4 Å². The van der Waals surface area contributed by atoms with Gasteiger partial charge in [0.1, 0.15) is 11.6 Å². The third-order valence-corrected chi connectivity index (χ3v) is 4.42. The fourth-order valence-electron chi connectivity index (χ4n) is 2.79. The zero-order valence-corrected chi connectivity index (χ0v) is 17.5. The molecule has 2 aromatic carbocycles. The highest BCUT2D eigenvalue weighted by atomic mass is 19.1. The van der Waals surface area contributed by atoms with Crippen molar-refractivity contribution in [1.29, 1.82) is 5.26 Å². The van der Waals surface area contributed by atoms with Gasteiger partial charge in [0.2, 0.25) is 5.95 Å². The number of nitrogens with one attached hydrogen (secondary N) is 2. The highest BCUT2D eigenvalue weighted by molar-refractivity contribution is 5.80. The Morgan fingerprint density at radius 2 is 1.94 bits per heavy atom. The number of nitrogens with zero attached hydrogens (tertiary/aromatic N) is 3. The average molecular weight is 437 g/mol. The van der Waals surface area contributed by atoms with Crippen molar-refractivity contribution >= 4 is 12.2 Å². The summed E-state index contributed by atoms with van der Waals surface area (Å²) in [6.45, 7) is 4.19. The summed E-state index contributed by atoms with van der Waals surface area (Å²) < 4.78 is 33.7. The van der Waals surface area contributed by atoms with Gasteiger partial charge < -0.3 is 4.74 Å². The molecule has 0 aliphatic heterocycles. The first-order valence-corrected chi connectivity index (χ1v) is 9.89. The van der Waals surface area contributed by atoms with Crippen LogP contribution in [-0.2, 0) is 0 Å². The van der Waals surface area contributed by atoms with E-state index in [4.69, 9.17) is 4.74 Å². The van der Waals surface area contributed by atoms with E-state index in [1.165, 1.54) is 6.21 Å². The molecule has 0 saturated carbocycles. The number of hydrogen-bond donors (Lipinski definition) is 2. The van der Waals surface area contributed by atoms with E-state index in [-0.39, 0.29) is 29.4 Å². The Kier molecular flexibility index (Phi) is 7.29. The molecule has 0 saturated heterocycles. The molecular formula is C23H21F2N5O2. The van der Waals surface area contributed by atoms with Crippen LogP contribution in [0.5, 0.6) is 5.75 Å². The topological polar surface area (TPSA) is 103 Å². The lowest BCUT2D eigenvalue weighted by molar-refractivity contribution is 0.263. The summed E-state index contributed by atoms with van der Waals surface area (Å²) in [4.78, 5) is 18.9. The minimum atomic E-state index is -0.841. The van der Waals surface area contributed by atoms with Gasteiger partial charge in [-0.1, -0.05) is 44.2 Å². The summed E-state index contributed by atoms with van der Waals surface area (Å²) in [7, 11) is 0. The summed E-state index contributed by atoms with van der Waals surface area (Å²) in [5.41, 5.74) is 2.65. The molecule has 0 radical (unpaired) electrons. The highest BCUT2D eigenvalue weighted by Gasteiger charge is 2.14. The third-order valence-electron chi connectivity index (χ3n) is 4.42. The molecule has 0 atom stereocenters. The molecule has 3 aromatic rings. The van der Waals surface area contributed by atoms with E-state index in [1.807, 2.05) is 19.9 Å². The van der Waals surface area contributed by atoms with Crippen LogP contribution in [-0.4, -0.2) is 22.8 Å². The van der Waals surface area contributed by atoms with E-state index >= 15 is 0 Å². The van der Waals surface area contributed by atoms with Crippen LogP contribution in [0.1, 0.15) is 31.4 Å². The molecule has 0 aliphatic carbocycles. The third kappa shape index (κ3) is 5.55. The van der Waals surface area contributed by atoms with Crippen molar-refractivity contribution < 1.29 is 13.5 Å². The first-order valence-electron chi connectivity index (χ1n) is 9.89. The SMILES string of the molecule is CC(C)CCOc1c(F)cc(C=NNc2nc(-c3ccccc3)c(C#N)c(=O)[nH]2)cc1F. The number of hydrazone groups is 1. The molecule has 0 fully saturated rings. The number of aromatic amines is 1. The van der Waals surface area contributed by atoms with Crippen molar-refractivity contribution in [3.8, 4) is 23.1 Å². The van der Waals surface area contributed by atoms with Gasteiger partial charge in [-0.2, -0.15) is 10.4 Å². The largest absolute Gasteiger partial charge is 0.488 e. The summed E-state index contributed by atoms with van der Waals surface area (Å²) >= 11 is 0. The zero-order valence-electron chi connectivity index (χ0n) is 17.5. The van der Waals surface area contributed by atoms with Gasteiger partial charge in [-0.25, -0.2) is 19.2 Å². The molecule has 0 amide bonds. The molecule has 7 nitrogen and oxygen atoms in total. The predicted molar refractivity (Wildman–Crippen MR) is 118 cm³/mol. The van der Waals surface area contributed by atoms with Gasteiger partial charge >= 0.3 is 0 Å². The molecule has 0 aliphatic rings.